The number of carbonyl (C=O) groups excluding carboxylic acids is 2. The summed E-state index contributed by atoms with van der Waals surface area (Å²) in [6, 6.07) is 18.8. The summed E-state index contributed by atoms with van der Waals surface area (Å²) in [6.07, 6.45) is 2.66. The van der Waals surface area contributed by atoms with Gasteiger partial charge in [0.2, 0.25) is 0 Å². The molecule has 138 valence electrons. The number of fused-ring (bicyclic) bond motifs is 2. The second-order valence-corrected chi connectivity index (χ2v) is 8.29. The smallest absolute Gasteiger partial charge is 0.0722 e. The van der Waals surface area contributed by atoms with Crippen LogP contribution in [0, 0.1) is 0 Å². The van der Waals surface area contributed by atoms with E-state index in [1.165, 1.54) is 34.8 Å². The van der Waals surface area contributed by atoms with Crippen molar-refractivity contribution in [3.63, 3.8) is 0 Å². The number of thiophene rings is 2. The molecule has 4 aromatic rings. The van der Waals surface area contributed by atoms with E-state index in [4.69, 9.17) is 0 Å². The highest BCUT2D eigenvalue weighted by Crippen LogP contribution is 2.30. The fourth-order valence-corrected chi connectivity index (χ4v) is 4.94. The summed E-state index contributed by atoms with van der Waals surface area (Å²) in [7, 11) is 0. The lowest BCUT2D eigenvalue weighted by atomic mass is 10.0. The molecule has 2 aromatic carbocycles. The molecule has 2 heterocycles. The quantitative estimate of drug-likeness (QED) is 0.378. The van der Waals surface area contributed by atoms with Crippen LogP contribution in [0.3, 0.4) is 0 Å². The van der Waals surface area contributed by atoms with E-state index < -0.39 is 23.1 Å². The Morgan fingerprint density at radius 2 is 1.07 bits per heavy atom. The van der Waals surface area contributed by atoms with Crippen LogP contribution in [0.2, 0.25) is 0 Å². The fraction of sp³-hybridized carbons (Fsp3) is 0. The van der Waals surface area contributed by atoms with Crippen LogP contribution in [0.25, 0.3) is 32.3 Å². The highest BCUT2D eigenvalue weighted by Gasteiger charge is 2.11. The monoisotopic (exact) mass is 404 g/mol. The maximum atomic E-state index is 11.7. The summed E-state index contributed by atoms with van der Waals surface area (Å²) in [5, 5.41) is 25.4. The van der Waals surface area contributed by atoms with Crippen LogP contribution < -0.4 is 10.2 Å². The predicted molar refractivity (Wildman–Crippen MR) is 110 cm³/mol. The molecule has 0 aliphatic heterocycles. The molecule has 0 unspecified atom stereocenters. The molecule has 28 heavy (non-hydrogen) atoms. The van der Waals surface area contributed by atoms with Gasteiger partial charge in [0.05, 0.1) is 11.9 Å². The van der Waals surface area contributed by atoms with Crippen LogP contribution >= 0.6 is 22.7 Å². The molecule has 0 bridgehead atoms. The third-order valence-electron chi connectivity index (χ3n) is 4.19. The molecule has 0 fully saturated rings. The Bertz CT molecular complexity index is 1110. The number of hydrogen-bond acceptors (Lipinski definition) is 6. The topological polar surface area (TPSA) is 80.3 Å². The zero-order valence-corrected chi connectivity index (χ0v) is 16.0. The molecule has 0 saturated carbocycles. The second kappa shape index (κ2) is 7.42. The van der Waals surface area contributed by atoms with Gasteiger partial charge in [0.15, 0.2) is 0 Å². The Labute approximate surface area is 168 Å². The third kappa shape index (κ3) is 3.60. The van der Waals surface area contributed by atoms with E-state index in [1.807, 2.05) is 60.7 Å². The minimum Gasteiger partial charge on any atom is -0.545 e. The standard InChI is InChI=1S/C22H14O4S2/c23-21(24)17(11-15-9-13-5-1-3-7-19(13)27-15)18(22(25)26)12-16-10-14-6-2-4-8-20(14)28-16/h1-12H,(H,23,24)(H,25,26)/p-2/b17-11-,18-12-. The summed E-state index contributed by atoms with van der Waals surface area (Å²) in [6.45, 7) is 0. The molecule has 0 amide bonds. The summed E-state index contributed by atoms with van der Waals surface area (Å²) >= 11 is 2.75. The van der Waals surface area contributed by atoms with Crippen molar-refractivity contribution >= 4 is 66.9 Å². The number of benzene rings is 2. The minimum atomic E-state index is -1.56. The summed E-state index contributed by atoms with van der Waals surface area (Å²) < 4.78 is 1.96. The van der Waals surface area contributed by atoms with Crippen LogP contribution in [-0.2, 0) is 9.59 Å². The van der Waals surface area contributed by atoms with E-state index in [-0.39, 0.29) is 0 Å². The molecule has 4 rings (SSSR count). The Kier molecular flexibility index (Phi) is 4.81. The van der Waals surface area contributed by atoms with Crippen molar-refractivity contribution in [3.8, 4) is 0 Å². The molecule has 0 aliphatic carbocycles. The van der Waals surface area contributed by atoms with Crippen molar-refractivity contribution in [1.82, 2.24) is 0 Å². The van der Waals surface area contributed by atoms with Crippen LogP contribution in [0.1, 0.15) is 9.75 Å². The van der Waals surface area contributed by atoms with Crippen LogP contribution in [0.5, 0.6) is 0 Å². The van der Waals surface area contributed by atoms with Crippen molar-refractivity contribution in [1.29, 1.82) is 0 Å². The van der Waals surface area contributed by atoms with Gasteiger partial charge in [-0.15, -0.1) is 22.7 Å². The molecule has 2 aromatic heterocycles. The highest BCUT2D eigenvalue weighted by molar-refractivity contribution is 7.20. The van der Waals surface area contributed by atoms with Gasteiger partial charge in [-0.05, 0) is 47.2 Å². The van der Waals surface area contributed by atoms with Crippen molar-refractivity contribution in [2.45, 2.75) is 0 Å². The first-order chi connectivity index (χ1) is 13.5. The van der Waals surface area contributed by atoms with E-state index >= 15 is 0 Å². The molecule has 6 heteroatoms. The maximum absolute atomic E-state index is 11.7. The lowest BCUT2D eigenvalue weighted by Crippen LogP contribution is -2.32. The molecule has 0 saturated heterocycles. The lowest BCUT2D eigenvalue weighted by Gasteiger charge is -2.14. The largest absolute Gasteiger partial charge is 0.545 e. The van der Waals surface area contributed by atoms with Crippen LogP contribution in [0.4, 0.5) is 0 Å². The van der Waals surface area contributed by atoms with E-state index in [0.717, 1.165) is 20.2 Å². The van der Waals surface area contributed by atoms with Crippen molar-refractivity contribution in [2.75, 3.05) is 0 Å². The number of carboxylic acid groups (broad SMARTS) is 2. The SMILES string of the molecule is O=C([O-])C(=C\c1cc2ccccc2s1)/C(=C/c1cc2ccccc2s1)C(=O)[O-]. The third-order valence-corrected chi connectivity index (χ3v) is 6.32. The molecule has 4 nitrogen and oxygen atoms in total. The molecule has 0 spiro atoms. The maximum Gasteiger partial charge on any atom is 0.0722 e. The number of hydrogen-bond donors (Lipinski definition) is 0. The normalized spacial score (nSPS) is 12.6. The number of rotatable bonds is 5. The fourth-order valence-electron chi connectivity index (χ4n) is 2.92. The van der Waals surface area contributed by atoms with Gasteiger partial charge in [0.1, 0.15) is 0 Å². The Balaban J connectivity index is 1.82. The van der Waals surface area contributed by atoms with Gasteiger partial charge in [-0.2, -0.15) is 0 Å². The van der Waals surface area contributed by atoms with E-state index in [2.05, 4.69) is 0 Å². The zero-order valence-electron chi connectivity index (χ0n) is 14.4. The molecule has 0 atom stereocenters. The van der Waals surface area contributed by atoms with Gasteiger partial charge in [-0.1, -0.05) is 36.4 Å². The molecule has 0 aliphatic rings. The van der Waals surface area contributed by atoms with E-state index in [1.54, 1.807) is 0 Å². The van der Waals surface area contributed by atoms with Crippen LogP contribution in [0.15, 0.2) is 71.8 Å². The first-order valence-corrected chi connectivity index (χ1v) is 9.98. The minimum absolute atomic E-state index is 0.413. The number of carbonyl (C=O) groups is 2. The average Bonchev–Trinajstić information content (AvgIpc) is 3.26. The lowest BCUT2D eigenvalue weighted by molar-refractivity contribution is -0.304. The number of aliphatic carboxylic acids is 2. The van der Waals surface area contributed by atoms with Gasteiger partial charge in [-0.25, -0.2) is 0 Å². The van der Waals surface area contributed by atoms with E-state index in [0.29, 0.717) is 9.75 Å². The molecular weight excluding hydrogens is 392 g/mol. The number of carboxylic acids is 2. The second-order valence-electron chi connectivity index (χ2n) is 6.06. The zero-order chi connectivity index (χ0) is 19.7. The molecular formula is C22H12O4S2-2. The van der Waals surface area contributed by atoms with Gasteiger partial charge in [0.25, 0.3) is 0 Å². The van der Waals surface area contributed by atoms with Gasteiger partial charge in [-0.3, -0.25) is 0 Å². The first-order valence-electron chi connectivity index (χ1n) is 8.35. The molecule has 0 N–H and O–H groups in total. The van der Waals surface area contributed by atoms with Gasteiger partial charge >= 0.3 is 0 Å². The summed E-state index contributed by atoms with van der Waals surface area (Å²) in [5.41, 5.74) is -0.826. The average molecular weight is 404 g/mol. The van der Waals surface area contributed by atoms with Crippen molar-refractivity contribution < 1.29 is 19.8 Å². The highest BCUT2D eigenvalue weighted by atomic mass is 32.1. The predicted octanol–water partition coefficient (Wildman–Crippen LogP) is 3.08. The van der Waals surface area contributed by atoms with Crippen molar-refractivity contribution in [2.24, 2.45) is 0 Å². The Hall–Kier alpha value is -3.22. The van der Waals surface area contributed by atoms with E-state index in [9.17, 15) is 19.8 Å². The Morgan fingerprint density at radius 3 is 1.43 bits per heavy atom. The first kappa shape index (κ1) is 18.2. The molecule has 0 radical (unpaired) electrons. The van der Waals surface area contributed by atoms with Crippen LogP contribution in [-0.4, -0.2) is 11.9 Å². The van der Waals surface area contributed by atoms with Crippen molar-refractivity contribution in [3.05, 3.63) is 81.6 Å². The van der Waals surface area contributed by atoms with Gasteiger partial charge < -0.3 is 19.8 Å². The Morgan fingerprint density at radius 1 is 0.679 bits per heavy atom. The summed E-state index contributed by atoms with van der Waals surface area (Å²) in [4.78, 5) is 24.7. The summed E-state index contributed by atoms with van der Waals surface area (Å²) in [5.74, 6) is -3.12. The van der Waals surface area contributed by atoms with Gasteiger partial charge in [0, 0.05) is 30.3 Å².